The van der Waals surface area contributed by atoms with E-state index in [4.69, 9.17) is 0 Å². The summed E-state index contributed by atoms with van der Waals surface area (Å²) in [5.74, 6) is -6.60. The van der Waals surface area contributed by atoms with Gasteiger partial charge in [-0.25, -0.2) is 22.2 Å². The van der Waals surface area contributed by atoms with E-state index in [-0.39, 0.29) is 5.56 Å². The summed E-state index contributed by atoms with van der Waals surface area (Å²) >= 11 is 0. The third kappa shape index (κ3) is 5.21. The van der Waals surface area contributed by atoms with Crippen molar-refractivity contribution < 1.29 is 27.2 Å². The zero-order valence-electron chi connectivity index (χ0n) is 18.3. The van der Waals surface area contributed by atoms with Gasteiger partial charge >= 0.3 is 0 Å². The molecule has 0 aliphatic carbocycles. The average Bonchev–Trinajstić information content (AvgIpc) is 3.29. The molecule has 0 unspecified atom stereocenters. The Morgan fingerprint density at radius 1 is 0.886 bits per heavy atom. The first-order valence-electron chi connectivity index (χ1n) is 10.4. The summed E-state index contributed by atoms with van der Waals surface area (Å²) in [5.41, 5.74) is 2.02. The summed E-state index contributed by atoms with van der Waals surface area (Å²) in [6.07, 6.45) is 1.44. The summed E-state index contributed by atoms with van der Waals surface area (Å²) < 4.78 is 55.0. The van der Waals surface area contributed by atoms with Crippen molar-refractivity contribution >= 4 is 17.5 Å². The minimum Gasteiger partial charge on any atom is -0.343 e. The lowest BCUT2D eigenvalue weighted by atomic mass is 10.1. The maximum atomic E-state index is 13.8. The van der Waals surface area contributed by atoms with Gasteiger partial charge in [0.15, 0.2) is 17.5 Å². The Morgan fingerprint density at radius 3 is 2.26 bits per heavy atom. The first-order valence-corrected chi connectivity index (χ1v) is 10.4. The second-order valence-electron chi connectivity index (χ2n) is 7.63. The summed E-state index contributed by atoms with van der Waals surface area (Å²) in [5, 5.41) is 8.95. The van der Waals surface area contributed by atoms with Gasteiger partial charge in [-0.3, -0.25) is 9.59 Å². The molecule has 35 heavy (non-hydrogen) atoms. The molecule has 2 amide bonds. The quantitative estimate of drug-likeness (QED) is 0.307. The fraction of sp³-hybridized carbons (Fsp3) is 0.0800. The van der Waals surface area contributed by atoms with E-state index >= 15 is 0 Å². The molecule has 10 heteroatoms. The second kappa shape index (κ2) is 9.80. The molecule has 0 aliphatic rings. The topological polar surface area (TPSA) is 76.0 Å². The highest BCUT2D eigenvalue weighted by Gasteiger charge is 2.20. The number of carbonyl (C=O) groups is 2. The fourth-order valence-corrected chi connectivity index (χ4v) is 3.26. The number of benzene rings is 3. The van der Waals surface area contributed by atoms with Crippen LogP contribution in [0.25, 0.3) is 16.9 Å². The van der Waals surface area contributed by atoms with Crippen LogP contribution in [0.5, 0.6) is 0 Å². The van der Waals surface area contributed by atoms with Crippen LogP contribution in [0.15, 0.2) is 66.9 Å². The van der Waals surface area contributed by atoms with Crippen LogP contribution in [0, 0.1) is 30.2 Å². The molecule has 0 saturated heterocycles. The molecule has 0 saturated carbocycles. The third-order valence-corrected chi connectivity index (χ3v) is 5.09. The molecule has 4 aromatic rings. The molecular formula is C25H18F4N4O2. The molecule has 2 N–H and O–H groups in total. The van der Waals surface area contributed by atoms with Crippen LogP contribution in [0.4, 0.5) is 23.2 Å². The molecular weight excluding hydrogens is 464 g/mol. The van der Waals surface area contributed by atoms with E-state index in [1.54, 1.807) is 12.1 Å². The van der Waals surface area contributed by atoms with Gasteiger partial charge in [0.05, 0.1) is 23.5 Å². The van der Waals surface area contributed by atoms with E-state index in [0.29, 0.717) is 23.0 Å². The van der Waals surface area contributed by atoms with Gasteiger partial charge in [0.2, 0.25) is 5.91 Å². The number of nitrogens with zero attached hydrogens (tertiary/aromatic N) is 2. The van der Waals surface area contributed by atoms with Gasteiger partial charge in [0.1, 0.15) is 11.5 Å². The van der Waals surface area contributed by atoms with Gasteiger partial charge in [-0.2, -0.15) is 5.10 Å². The molecule has 0 atom stereocenters. The number of rotatable bonds is 6. The Morgan fingerprint density at radius 2 is 1.57 bits per heavy atom. The number of hydrogen-bond acceptors (Lipinski definition) is 3. The number of hydrogen-bond donors (Lipinski definition) is 2. The van der Waals surface area contributed by atoms with Gasteiger partial charge in [0.25, 0.3) is 5.91 Å². The lowest BCUT2D eigenvalue weighted by molar-refractivity contribution is -0.115. The van der Waals surface area contributed by atoms with Crippen molar-refractivity contribution in [3.05, 3.63) is 101 Å². The molecule has 0 radical (unpaired) electrons. The van der Waals surface area contributed by atoms with E-state index in [9.17, 15) is 27.2 Å². The summed E-state index contributed by atoms with van der Waals surface area (Å²) in [4.78, 5) is 25.1. The highest BCUT2D eigenvalue weighted by Crippen LogP contribution is 2.25. The number of aryl methyl sites for hydroxylation is 1. The van der Waals surface area contributed by atoms with Crippen LogP contribution in [0.1, 0.15) is 15.9 Å². The smallest absolute Gasteiger partial charge is 0.255 e. The summed E-state index contributed by atoms with van der Waals surface area (Å²) in [7, 11) is 0. The monoisotopic (exact) mass is 482 g/mol. The summed E-state index contributed by atoms with van der Waals surface area (Å²) in [6, 6.07) is 14.3. The number of anilines is 1. The normalized spacial score (nSPS) is 10.8. The van der Waals surface area contributed by atoms with Crippen molar-refractivity contribution in [1.82, 2.24) is 15.1 Å². The van der Waals surface area contributed by atoms with Gasteiger partial charge < -0.3 is 10.6 Å². The first-order chi connectivity index (χ1) is 16.7. The molecule has 0 bridgehead atoms. The van der Waals surface area contributed by atoms with Crippen molar-refractivity contribution in [3.8, 4) is 16.9 Å². The predicted molar refractivity (Wildman–Crippen MR) is 121 cm³/mol. The fourth-order valence-electron chi connectivity index (χ4n) is 3.26. The van der Waals surface area contributed by atoms with E-state index in [1.165, 1.54) is 35.1 Å². The van der Waals surface area contributed by atoms with Crippen molar-refractivity contribution in [2.75, 3.05) is 11.9 Å². The Kier molecular flexibility index (Phi) is 6.63. The Bertz CT molecular complexity index is 1400. The van der Waals surface area contributed by atoms with Gasteiger partial charge in [-0.1, -0.05) is 29.8 Å². The SMILES string of the molecule is Cc1ccc(-c2nn(-c3ccc(F)cc3)cc2C(=O)NCC(=O)Nc2ccc(F)c(F)c2F)cc1. The Hall–Kier alpha value is -4.47. The van der Waals surface area contributed by atoms with Gasteiger partial charge in [-0.05, 0) is 43.3 Å². The zero-order chi connectivity index (χ0) is 25.1. The second-order valence-corrected chi connectivity index (χ2v) is 7.63. The molecule has 0 fully saturated rings. The minimum absolute atomic E-state index is 0.130. The first kappa shape index (κ1) is 23.7. The highest BCUT2D eigenvalue weighted by molar-refractivity contribution is 6.02. The number of aromatic nitrogens is 2. The standard InChI is InChI=1S/C25H18F4N4O2/c1-14-2-4-15(5-3-14)24-18(13-33(32-24)17-8-6-16(26)7-9-17)25(35)30-12-21(34)31-20-11-10-19(27)22(28)23(20)29/h2-11,13H,12H2,1H3,(H,30,35)(H,31,34). The van der Waals surface area contributed by atoms with Gasteiger partial charge in [-0.15, -0.1) is 0 Å². The van der Waals surface area contributed by atoms with Crippen LogP contribution in [0.2, 0.25) is 0 Å². The lowest BCUT2D eigenvalue weighted by Gasteiger charge is -2.08. The van der Waals surface area contributed by atoms with Crippen LogP contribution in [-0.4, -0.2) is 28.1 Å². The highest BCUT2D eigenvalue weighted by atomic mass is 19.2. The Balaban J connectivity index is 1.56. The van der Waals surface area contributed by atoms with E-state index in [2.05, 4.69) is 15.7 Å². The van der Waals surface area contributed by atoms with Crippen molar-refractivity contribution in [3.63, 3.8) is 0 Å². The van der Waals surface area contributed by atoms with E-state index in [0.717, 1.165) is 11.6 Å². The van der Waals surface area contributed by atoms with Crippen LogP contribution in [0.3, 0.4) is 0 Å². The number of amides is 2. The summed E-state index contributed by atoms with van der Waals surface area (Å²) in [6.45, 7) is 1.33. The van der Waals surface area contributed by atoms with E-state index < -0.39 is 47.3 Å². The van der Waals surface area contributed by atoms with Gasteiger partial charge in [0, 0.05) is 11.8 Å². The minimum atomic E-state index is -1.72. The van der Waals surface area contributed by atoms with Crippen LogP contribution >= 0.6 is 0 Å². The van der Waals surface area contributed by atoms with Crippen molar-refractivity contribution in [2.45, 2.75) is 6.92 Å². The third-order valence-electron chi connectivity index (χ3n) is 5.09. The van der Waals surface area contributed by atoms with Crippen LogP contribution < -0.4 is 10.6 Å². The number of carbonyl (C=O) groups excluding carboxylic acids is 2. The largest absolute Gasteiger partial charge is 0.343 e. The maximum absolute atomic E-state index is 13.8. The zero-order valence-corrected chi connectivity index (χ0v) is 18.3. The van der Waals surface area contributed by atoms with Crippen molar-refractivity contribution in [2.24, 2.45) is 0 Å². The lowest BCUT2D eigenvalue weighted by Crippen LogP contribution is -2.33. The molecule has 3 aromatic carbocycles. The molecule has 1 aromatic heterocycles. The predicted octanol–water partition coefficient (Wildman–Crippen LogP) is 4.77. The maximum Gasteiger partial charge on any atom is 0.255 e. The number of halogens is 4. The molecule has 4 rings (SSSR count). The molecule has 6 nitrogen and oxygen atoms in total. The average molecular weight is 482 g/mol. The van der Waals surface area contributed by atoms with Crippen molar-refractivity contribution in [1.29, 1.82) is 0 Å². The Labute approximate surface area is 197 Å². The molecule has 0 aliphatic heterocycles. The van der Waals surface area contributed by atoms with E-state index in [1.807, 2.05) is 19.1 Å². The molecule has 1 heterocycles. The van der Waals surface area contributed by atoms with Crippen LogP contribution in [-0.2, 0) is 4.79 Å². The molecule has 0 spiro atoms. The number of nitrogens with one attached hydrogen (secondary N) is 2. The molecule has 178 valence electrons.